The number of nitrogens with two attached hydrogens (primary N) is 1. The second-order valence-corrected chi connectivity index (χ2v) is 6.18. The molecule has 0 saturated carbocycles. The Hall–Kier alpha value is -1.28. The predicted octanol–water partition coefficient (Wildman–Crippen LogP) is 1.31. The van der Waals surface area contributed by atoms with E-state index in [0.29, 0.717) is 23.1 Å². The maximum Gasteiger partial charge on any atom is 0.243 e. The topological polar surface area (TPSA) is 92.0 Å². The fourth-order valence-corrected chi connectivity index (χ4v) is 2.31. The highest BCUT2D eigenvalue weighted by Crippen LogP contribution is 2.18. The molecule has 1 aromatic heterocycles. The molecule has 2 rings (SSSR count). The summed E-state index contributed by atoms with van der Waals surface area (Å²) >= 11 is 1.80. The molecular formula is C12H23N7S. The number of nitrogens with zero attached hydrogens (tertiary/aromatic N) is 4. The fraction of sp³-hybridized carbons (Fsp3) is 0.750. The van der Waals surface area contributed by atoms with E-state index >= 15 is 0 Å². The van der Waals surface area contributed by atoms with Crippen molar-refractivity contribution in [1.82, 2.24) is 15.0 Å². The van der Waals surface area contributed by atoms with Crippen molar-refractivity contribution >= 4 is 29.6 Å². The maximum atomic E-state index is 5.45. The van der Waals surface area contributed by atoms with Crippen molar-refractivity contribution in [3.8, 4) is 0 Å². The molecule has 1 aromatic rings. The molecule has 0 bridgehead atoms. The molecule has 0 aromatic carbocycles. The summed E-state index contributed by atoms with van der Waals surface area (Å²) < 4.78 is 0. The number of nitrogen functional groups attached to an aromatic ring is 1. The minimum Gasteiger partial charge on any atom is -0.353 e. The molecular weight excluding hydrogens is 274 g/mol. The van der Waals surface area contributed by atoms with E-state index in [0.717, 1.165) is 19.6 Å². The maximum absolute atomic E-state index is 5.45. The summed E-state index contributed by atoms with van der Waals surface area (Å²) in [5.74, 6) is 7.13. The monoisotopic (exact) mass is 297 g/mol. The van der Waals surface area contributed by atoms with Crippen LogP contribution in [0, 0.1) is 0 Å². The van der Waals surface area contributed by atoms with Gasteiger partial charge in [-0.3, -0.25) is 5.43 Å². The van der Waals surface area contributed by atoms with Gasteiger partial charge in [-0.25, -0.2) is 5.84 Å². The van der Waals surface area contributed by atoms with Crippen molar-refractivity contribution in [2.75, 3.05) is 41.5 Å². The Morgan fingerprint density at radius 2 is 1.90 bits per heavy atom. The van der Waals surface area contributed by atoms with Crippen molar-refractivity contribution in [2.24, 2.45) is 5.84 Å². The Morgan fingerprint density at radius 3 is 2.55 bits per heavy atom. The van der Waals surface area contributed by atoms with E-state index in [9.17, 15) is 0 Å². The first-order chi connectivity index (χ1) is 9.72. The van der Waals surface area contributed by atoms with Crippen molar-refractivity contribution in [3.63, 3.8) is 0 Å². The van der Waals surface area contributed by atoms with Crippen LogP contribution in [0.2, 0.25) is 0 Å². The number of anilines is 3. The molecule has 20 heavy (non-hydrogen) atoms. The number of piperidine rings is 1. The van der Waals surface area contributed by atoms with Gasteiger partial charge in [0, 0.05) is 24.9 Å². The third kappa shape index (κ3) is 4.11. The van der Waals surface area contributed by atoms with E-state index < -0.39 is 0 Å². The summed E-state index contributed by atoms with van der Waals surface area (Å²) in [4.78, 5) is 15.3. The SMILES string of the molecule is CSC(C)CNc1nc(NN)nc(N2CCCCC2)n1. The Morgan fingerprint density at radius 1 is 1.20 bits per heavy atom. The summed E-state index contributed by atoms with van der Waals surface area (Å²) in [6, 6.07) is 0. The molecule has 1 atom stereocenters. The average Bonchev–Trinajstić information content (AvgIpc) is 2.53. The Kier molecular flexibility index (Phi) is 5.66. The molecule has 1 unspecified atom stereocenters. The number of hydrazine groups is 1. The van der Waals surface area contributed by atoms with Crippen LogP contribution in [0.4, 0.5) is 17.8 Å². The standard InChI is InChI=1S/C12H23N7S/c1-9(20-2)8-14-10-15-11(18-13)17-12(16-10)19-6-4-3-5-7-19/h9H,3-8,13H2,1-2H3,(H2,14,15,16,17,18). The Bertz CT molecular complexity index is 422. The van der Waals surface area contributed by atoms with Gasteiger partial charge in [-0.2, -0.15) is 26.7 Å². The van der Waals surface area contributed by atoms with E-state index in [-0.39, 0.29) is 0 Å². The third-order valence-electron chi connectivity index (χ3n) is 3.34. The molecule has 112 valence electrons. The van der Waals surface area contributed by atoms with Gasteiger partial charge >= 0.3 is 0 Å². The smallest absolute Gasteiger partial charge is 0.243 e. The molecule has 0 spiro atoms. The van der Waals surface area contributed by atoms with E-state index in [1.54, 1.807) is 11.8 Å². The van der Waals surface area contributed by atoms with Crippen LogP contribution in [0.25, 0.3) is 0 Å². The van der Waals surface area contributed by atoms with E-state index in [1.165, 1.54) is 19.3 Å². The Balaban J connectivity index is 2.10. The third-order valence-corrected chi connectivity index (χ3v) is 4.31. The molecule has 0 radical (unpaired) electrons. The average molecular weight is 297 g/mol. The first kappa shape index (κ1) is 15.1. The van der Waals surface area contributed by atoms with Crippen LogP contribution in [0.5, 0.6) is 0 Å². The van der Waals surface area contributed by atoms with Gasteiger partial charge in [0.25, 0.3) is 0 Å². The van der Waals surface area contributed by atoms with Crippen molar-refractivity contribution in [2.45, 2.75) is 31.4 Å². The van der Waals surface area contributed by atoms with Gasteiger partial charge in [0.05, 0.1) is 0 Å². The lowest BCUT2D eigenvalue weighted by Gasteiger charge is -2.27. The summed E-state index contributed by atoms with van der Waals surface area (Å²) in [6.45, 7) is 4.96. The second kappa shape index (κ2) is 7.49. The minimum absolute atomic E-state index is 0.403. The fourth-order valence-electron chi connectivity index (χ4n) is 2.06. The normalized spacial score (nSPS) is 16.9. The van der Waals surface area contributed by atoms with Crippen LogP contribution in [0.3, 0.4) is 0 Å². The van der Waals surface area contributed by atoms with E-state index in [1.807, 2.05) is 0 Å². The highest BCUT2D eigenvalue weighted by molar-refractivity contribution is 7.99. The molecule has 1 aliphatic rings. The van der Waals surface area contributed by atoms with Crippen molar-refractivity contribution in [3.05, 3.63) is 0 Å². The van der Waals surface area contributed by atoms with Crippen LogP contribution in [-0.4, -0.2) is 46.1 Å². The van der Waals surface area contributed by atoms with Crippen LogP contribution in [0.1, 0.15) is 26.2 Å². The van der Waals surface area contributed by atoms with Crippen LogP contribution in [0.15, 0.2) is 0 Å². The molecule has 1 aliphatic heterocycles. The van der Waals surface area contributed by atoms with E-state index in [2.05, 4.69) is 43.8 Å². The van der Waals surface area contributed by atoms with E-state index in [4.69, 9.17) is 5.84 Å². The van der Waals surface area contributed by atoms with Crippen LogP contribution in [-0.2, 0) is 0 Å². The van der Waals surface area contributed by atoms with Gasteiger partial charge in [-0.05, 0) is 25.5 Å². The summed E-state index contributed by atoms with van der Waals surface area (Å²) in [7, 11) is 0. The lowest BCUT2D eigenvalue weighted by Crippen LogP contribution is -2.32. The summed E-state index contributed by atoms with van der Waals surface area (Å²) in [6.07, 6.45) is 5.73. The van der Waals surface area contributed by atoms with Crippen molar-refractivity contribution in [1.29, 1.82) is 0 Å². The van der Waals surface area contributed by atoms with Crippen molar-refractivity contribution < 1.29 is 0 Å². The summed E-state index contributed by atoms with van der Waals surface area (Å²) in [5, 5.41) is 3.74. The van der Waals surface area contributed by atoms with Gasteiger partial charge in [0.1, 0.15) is 0 Å². The van der Waals surface area contributed by atoms with Gasteiger partial charge < -0.3 is 10.2 Å². The molecule has 0 aliphatic carbocycles. The largest absolute Gasteiger partial charge is 0.353 e. The number of nitrogens with one attached hydrogen (secondary N) is 2. The van der Waals surface area contributed by atoms with Gasteiger partial charge in [-0.1, -0.05) is 6.92 Å². The minimum atomic E-state index is 0.403. The summed E-state index contributed by atoms with van der Waals surface area (Å²) in [5.41, 5.74) is 2.51. The highest BCUT2D eigenvalue weighted by Gasteiger charge is 2.16. The lowest BCUT2D eigenvalue weighted by atomic mass is 10.1. The zero-order chi connectivity index (χ0) is 14.4. The van der Waals surface area contributed by atoms with Gasteiger partial charge in [0.2, 0.25) is 17.8 Å². The first-order valence-electron chi connectivity index (χ1n) is 6.97. The highest BCUT2D eigenvalue weighted by atomic mass is 32.2. The molecule has 8 heteroatoms. The molecule has 0 amide bonds. The van der Waals surface area contributed by atoms with Crippen LogP contribution >= 0.6 is 11.8 Å². The quantitative estimate of drug-likeness (QED) is 0.535. The van der Waals surface area contributed by atoms with Gasteiger partial charge in [-0.15, -0.1) is 0 Å². The molecule has 4 N–H and O–H groups in total. The number of rotatable bonds is 6. The number of hydrogen-bond acceptors (Lipinski definition) is 8. The van der Waals surface area contributed by atoms with Crippen LogP contribution < -0.4 is 21.5 Å². The molecule has 1 saturated heterocycles. The molecule has 1 fully saturated rings. The number of aromatic nitrogens is 3. The predicted molar refractivity (Wildman–Crippen MR) is 85.2 cm³/mol. The number of hydrogen-bond donors (Lipinski definition) is 3. The number of thioether (sulfide) groups is 1. The lowest BCUT2D eigenvalue weighted by molar-refractivity contribution is 0.568. The zero-order valence-corrected chi connectivity index (χ0v) is 12.9. The first-order valence-corrected chi connectivity index (χ1v) is 8.26. The van der Waals surface area contributed by atoms with Gasteiger partial charge in [0.15, 0.2) is 0 Å². The second-order valence-electron chi connectivity index (χ2n) is 4.90. The molecule has 7 nitrogen and oxygen atoms in total. The zero-order valence-electron chi connectivity index (χ0n) is 12.1. The Labute approximate surface area is 124 Å². The molecule has 2 heterocycles.